The normalized spacial score (nSPS) is 12.4. The van der Waals surface area contributed by atoms with Gasteiger partial charge in [-0.2, -0.15) is 5.10 Å². The number of nitrogens with one attached hydrogen (secondary N) is 1. The second kappa shape index (κ2) is 7.92. The molecule has 0 saturated heterocycles. The Hall–Kier alpha value is -2.14. The number of rotatable bonds is 7. The molecule has 0 saturated carbocycles. The molecule has 2 rings (SSSR count). The fourth-order valence-electron chi connectivity index (χ4n) is 2.49. The van der Waals surface area contributed by atoms with Crippen LogP contribution in [-0.4, -0.2) is 33.4 Å². The zero-order valence-electron chi connectivity index (χ0n) is 14.0. The van der Waals surface area contributed by atoms with E-state index in [1.165, 1.54) is 0 Å². The summed E-state index contributed by atoms with van der Waals surface area (Å²) in [5.41, 5.74) is 2.35. The van der Waals surface area contributed by atoms with Crippen molar-refractivity contribution in [3.63, 3.8) is 0 Å². The molecule has 0 aliphatic carbocycles. The van der Waals surface area contributed by atoms with Gasteiger partial charge in [-0.1, -0.05) is 39.0 Å². The summed E-state index contributed by atoms with van der Waals surface area (Å²) in [6.07, 6.45) is 1.33. The second-order valence-electron chi connectivity index (χ2n) is 5.95. The smallest absolute Gasteiger partial charge is 0.272 e. The molecule has 0 aliphatic heterocycles. The van der Waals surface area contributed by atoms with Gasteiger partial charge in [-0.25, -0.2) is 4.68 Å². The minimum atomic E-state index is -0.193. The van der Waals surface area contributed by atoms with E-state index in [1.54, 1.807) is 0 Å². The van der Waals surface area contributed by atoms with E-state index in [2.05, 4.69) is 24.3 Å². The van der Waals surface area contributed by atoms with E-state index >= 15 is 0 Å². The Labute approximate surface area is 137 Å². The third-order valence-corrected chi connectivity index (χ3v) is 3.87. The highest BCUT2D eigenvalue weighted by molar-refractivity contribution is 5.92. The van der Waals surface area contributed by atoms with Crippen LogP contribution < -0.4 is 5.32 Å². The summed E-state index contributed by atoms with van der Waals surface area (Å²) < 4.78 is 1.83. The van der Waals surface area contributed by atoms with Crippen LogP contribution in [0.5, 0.6) is 0 Å². The minimum Gasteiger partial charge on any atom is -0.396 e. The average Bonchev–Trinajstić information content (AvgIpc) is 3.01. The van der Waals surface area contributed by atoms with Crippen molar-refractivity contribution in [2.45, 2.75) is 45.6 Å². The van der Waals surface area contributed by atoms with Crippen LogP contribution in [0.3, 0.4) is 0 Å². The first-order valence-electron chi connectivity index (χ1n) is 8.13. The largest absolute Gasteiger partial charge is 0.396 e. The topological polar surface area (TPSA) is 67.2 Å². The van der Waals surface area contributed by atoms with Gasteiger partial charge in [0.25, 0.3) is 5.91 Å². The second-order valence-corrected chi connectivity index (χ2v) is 5.95. The molecule has 2 aromatic rings. The fourth-order valence-corrected chi connectivity index (χ4v) is 2.49. The highest BCUT2D eigenvalue weighted by Crippen LogP contribution is 2.20. The van der Waals surface area contributed by atoms with Gasteiger partial charge in [-0.05, 0) is 37.0 Å². The van der Waals surface area contributed by atoms with E-state index in [0.717, 1.165) is 17.8 Å². The molecule has 2 N–H and O–H groups in total. The number of aliphatic hydroxyl groups is 1. The van der Waals surface area contributed by atoms with Crippen molar-refractivity contribution >= 4 is 5.91 Å². The van der Waals surface area contributed by atoms with Gasteiger partial charge in [0, 0.05) is 18.3 Å². The Bertz CT molecular complexity index is 635. The SMILES string of the molecule is CCC(CCO)NC(=O)c1cc(C(C)C)n(-c2ccccc2)n1. The summed E-state index contributed by atoms with van der Waals surface area (Å²) in [6.45, 7) is 6.22. The van der Waals surface area contributed by atoms with Crippen LogP contribution in [0.15, 0.2) is 36.4 Å². The van der Waals surface area contributed by atoms with Crippen LogP contribution in [-0.2, 0) is 0 Å². The van der Waals surface area contributed by atoms with Crippen molar-refractivity contribution in [1.29, 1.82) is 0 Å². The molecule has 1 amide bonds. The lowest BCUT2D eigenvalue weighted by Crippen LogP contribution is -2.35. The summed E-state index contributed by atoms with van der Waals surface area (Å²) in [4.78, 5) is 12.4. The van der Waals surface area contributed by atoms with Crippen LogP contribution in [0.25, 0.3) is 5.69 Å². The van der Waals surface area contributed by atoms with Gasteiger partial charge in [0.2, 0.25) is 0 Å². The number of amides is 1. The van der Waals surface area contributed by atoms with Crippen molar-refractivity contribution in [2.24, 2.45) is 0 Å². The number of benzene rings is 1. The first-order valence-corrected chi connectivity index (χ1v) is 8.13. The van der Waals surface area contributed by atoms with E-state index in [4.69, 9.17) is 5.11 Å². The molecule has 0 spiro atoms. The number of nitrogens with zero attached hydrogens (tertiary/aromatic N) is 2. The monoisotopic (exact) mass is 315 g/mol. The molecule has 0 fully saturated rings. The Morgan fingerprint density at radius 2 is 2.00 bits per heavy atom. The van der Waals surface area contributed by atoms with Gasteiger partial charge in [0.15, 0.2) is 5.69 Å². The first-order chi connectivity index (χ1) is 11.1. The molecule has 0 radical (unpaired) electrons. The lowest BCUT2D eigenvalue weighted by molar-refractivity contribution is 0.0923. The molecule has 0 aliphatic rings. The quantitative estimate of drug-likeness (QED) is 0.825. The number of carbonyl (C=O) groups is 1. The van der Waals surface area contributed by atoms with Gasteiger partial charge in [-0.15, -0.1) is 0 Å². The maximum atomic E-state index is 12.4. The van der Waals surface area contributed by atoms with Gasteiger partial charge >= 0.3 is 0 Å². The van der Waals surface area contributed by atoms with Crippen LogP contribution in [0.1, 0.15) is 55.7 Å². The van der Waals surface area contributed by atoms with Crippen molar-refractivity contribution < 1.29 is 9.90 Å². The third kappa shape index (κ3) is 4.20. The molecular formula is C18H25N3O2. The van der Waals surface area contributed by atoms with Crippen molar-refractivity contribution in [3.8, 4) is 5.69 Å². The summed E-state index contributed by atoms with van der Waals surface area (Å²) >= 11 is 0. The molecule has 5 heteroatoms. The van der Waals surface area contributed by atoms with Gasteiger partial charge in [0.1, 0.15) is 0 Å². The Morgan fingerprint density at radius 1 is 1.30 bits per heavy atom. The molecule has 1 aromatic carbocycles. The summed E-state index contributed by atoms with van der Waals surface area (Å²) in [7, 11) is 0. The van der Waals surface area contributed by atoms with Crippen LogP contribution in [0, 0.1) is 0 Å². The zero-order valence-corrected chi connectivity index (χ0v) is 14.0. The van der Waals surface area contributed by atoms with E-state index in [0.29, 0.717) is 12.1 Å². The van der Waals surface area contributed by atoms with E-state index in [-0.39, 0.29) is 24.5 Å². The highest BCUT2D eigenvalue weighted by Gasteiger charge is 2.19. The van der Waals surface area contributed by atoms with Crippen LogP contribution in [0.4, 0.5) is 0 Å². The fraction of sp³-hybridized carbons (Fsp3) is 0.444. The number of para-hydroxylation sites is 1. The van der Waals surface area contributed by atoms with E-state index in [1.807, 2.05) is 48.0 Å². The molecule has 1 atom stereocenters. The van der Waals surface area contributed by atoms with Gasteiger partial charge in [-0.3, -0.25) is 4.79 Å². The van der Waals surface area contributed by atoms with Crippen molar-refractivity contribution in [2.75, 3.05) is 6.61 Å². The number of hydrogen-bond acceptors (Lipinski definition) is 3. The lowest BCUT2D eigenvalue weighted by atomic mass is 10.1. The highest BCUT2D eigenvalue weighted by atomic mass is 16.3. The van der Waals surface area contributed by atoms with E-state index in [9.17, 15) is 4.79 Å². The lowest BCUT2D eigenvalue weighted by Gasteiger charge is -2.14. The Kier molecular flexibility index (Phi) is 5.93. The predicted octanol–water partition coefficient (Wildman–Crippen LogP) is 2.89. The van der Waals surface area contributed by atoms with Crippen LogP contribution >= 0.6 is 0 Å². The van der Waals surface area contributed by atoms with Gasteiger partial charge < -0.3 is 10.4 Å². The summed E-state index contributed by atoms with van der Waals surface area (Å²) in [5, 5.41) is 16.5. The Morgan fingerprint density at radius 3 is 2.57 bits per heavy atom. The molecule has 124 valence electrons. The zero-order chi connectivity index (χ0) is 16.8. The standard InChI is InChI=1S/C18H25N3O2/c1-4-14(10-11-22)19-18(23)16-12-17(13(2)3)21(20-16)15-8-6-5-7-9-15/h5-9,12-14,22H,4,10-11H2,1-3H3,(H,19,23). The molecule has 1 heterocycles. The number of carbonyl (C=O) groups excluding carboxylic acids is 1. The number of aliphatic hydroxyl groups excluding tert-OH is 1. The molecular weight excluding hydrogens is 290 g/mol. The first kappa shape index (κ1) is 17.2. The number of hydrogen-bond donors (Lipinski definition) is 2. The molecule has 1 unspecified atom stereocenters. The van der Waals surface area contributed by atoms with Crippen molar-refractivity contribution in [1.82, 2.24) is 15.1 Å². The minimum absolute atomic E-state index is 0.0307. The number of aromatic nitrogens is 2. The summed E-state index contributed by atoms with van der Waals surface area (Å²) in [5.74, 6) is 0.0607. The molecule has 0 bridgehead atoms. The van der Waals surface area contributed by atoms with Gasteiger partial charge in [0.05, 0.1) is 5.69 Å². The average molecular weight is 315 g/mol. The molecule has 23 heavy (non-hydrogen) atoms. The summed E-state index contributed by atoms with van der Waals surface area (Å²) in [6, 6.07) is 11.6. The Balaban J connectivity index is 2.28. The van der Waals surface area contributed by atoms with Crippen molar-refractivity contribution in [3.05, 3.63) is 47.8 Å². The van der Waals surface area contributed by atoms with E-state index < -0.39 is 0 Å². The maximum Gasteiger partial charge on any atom is 0.272 e. The predicted molar refractivity (Wildman–Crippen MR) is 90.9 cm³/mol. The van der Waals surface area contributed by atoms with Crippen LogP contribution in [0.2, 0.25) is 0 Å². The molecule has 1 aromatic heterocycles. The molecule has 5 nitrogen and oxygen atoms in total. The third-order valence-electron chi connectivity index (χ3n) is 3.87. The maximum absolute atomic E-state index is 12.4.